The van der Waals surface area contributed by atoms with Crippen LogP contribution in [0.2, 0.25) is 0 Å². The molecular weight excluding hydrogens is 382 g/mol. The lowest BCUT2D eigenvalue weighted by Gasteiger charge is -2.13. The second kappa shape index (κ2) is 8.35. The number of cyclic esters (lactones) is 1. The minimum Gasteiger partial charge on any atom is -0.487 e. The van der Waals surface area contributed by atoms with Gasteiger partial charge in [0.05, 0.1) is 31.7 Å². The van der Waals surface area contributed by atoms with E-state index in [9.17, 15) is 19.5 Å². The molecule has 3 rings (SSSR count). The van der Waals surface area contributed by atoms with E-state index in [4.69, 9.17) is 14.7 Å². The summed E-state index contributed by atoms with van der Waals surface area (Å²) in [6, 6.07) is 8.45. The fourth-order valence-corrected chi connectivity index (χ4v) is 2.87. The first-order chi connectivity index (χ1) is 13.9. The zero-order valence-electron chi connectivity index (χ0n) is 15.4. The number of carboxylic acid groups (broad SMARTS) is 1. The van der Waals surface area contributed by atoms with Crippen molar-refractivity contribution in [2.75, 3.05) is 25.2 Å². The van der Waals surface area contributed by atoms with Crippen LogP contribution in [0.15, 0.2) is 30.5 Å². The van der Waals surface area contributed by atoms with Crippen LogP contribution in [0.3, 0.4) is 0 Å². The molecule has 1 aliphatic rings. The number of nitrogens with zero attached hydrogens (tertiary/aromatic N) is 2. The van der Waals surface area contributed by atoms with Gasteiger partial charge in [-0.05, 0) is 24.3 Å². The molecule has 29 heavy (non-hydrogen) atoms. The quantitative estimate of drug-likeness (QED) is 0.670. The summed E-state index contributed by atoms with van der Waals surface area (Å²) in [5.41, 5.74) is 1.02. The summed E-state index contributed by atoms with van der Waals surface area (Å²) in [6.45, 7) is 0.126. The second-order valence-corrected chi connectivity index (χ2v) is 6.15. The molecule has 10 heteroatoms. The number of aromatic nitrogens is 1. The highest BCUT2D eigenvalue weighted by Crippen LogP contribution is 2.26. The number of hydrogen-bond acceptors (Lipinski definition) is 7. The van der Waals surface area contributed by atoms with Crippen molar-refractivity contribution in [3.8, 4) is 11.8 Å². The van der Waals surface area contributed by atoms with E-state index in [2.05, 4.69) is 9.72 Å². The number of esters is 1. The van der Waals surface area contributed by atoms with Gasteiger partial charge in [-0.15, -0.1) is 0 Å². The van der Waals surface area contributed by atoms with Crippen LogP contribution in [-0.2, 0) is 20.7 Å². The number of amides is 1. The van der Waals surface area contributed by atoms with Gasteiger partial charge in [0, 0.05) is 17.6 Å². The number of methoxy groups -OCH3 is 1. The number of ether oxygens (including phenoxy) is 3. The van der Waals surface area contributed by atoms with Crippen LogP contribution in [0.5, 0.6) is 5.75 Å². The number of aromatic carboxylic acids is 1. The molecule has 1 unspecified atom stereocenters. The van der Waals surface area contributed by atoms with Gasteiger partial charge in [0.2, 0.25) is 0 Å². The van der Waals surface area contributed by atoms with Crippen LogP contribution >= 0.6 is 0 Å². The Kier molecular flexibility index (Phi) is 5.69. The Labute approximate surface area is 165 Å². The molecule has 0 saturated carbocycles. The number of carbonyl (C=O) groups is 3. The molecule has 1 aromatic heterocycles. The fraction of sp³-hybridized carbons (Fsp3) is 0.263. The molecule has 0 spiro atoms. The predicted octanol–water partition coefficient (Wildman–Crippen LogP) is 1.70. The van der Waals surface area contributed by atoms with E-state index in [0.717, 1.165) is 0 Å². The molecular formula is C19H17N3O7. The molecule has 1 saturated heterocycles. The number of hydrogen-bond donors (Lipinski definition) is 2. The zero-order chi connectivity index (χ0) is 21.0. The van der Waals surface area contributed by atoms with E-state index in [0.29, 0.717) is 11.3 Å². The zero-order valence-corrected chi connectivity index (χ0v) is 15.4. The molecule has 1 aliphatic heterocycles. The SMILES string of the molecule is COC(=O)Cc1[nH]cc(OCC2CN(c3ccc(C#N)cc3)C(=O)O2)c1C(=O)O. The standard InChI is InChI=1S/C19H17N3O7/c1-27-16(23)6-14-17(18(24)25)15(8-21-14)28-10-13-9-22(19(26)29-13)12-4-2-11(7-20)3-5-12/h2-5,8,13,21H,6,9-10H2,1H3,(H,24,25). The van der Waals surface area contributed by atoms with Gasteiger partial charge in [0.15, 0.2) is 11.9 Å². The van der Waals surface area contributed by atoms with Crippen molar-refractivity contribution in [1.82, 2.24) is 4.98 Å². The van der Waals surface area contributed by atoms with Crippen molar-refractivity contribution in [3.63, 3.8) is 0 Å². The summed E-state index contributed by atoms with van der Waals surface area (Å²) in [4.78, 5) is 39.2. The van der Waals surface area contributed by atoms with Gasteiger partial charge in [-0.3, -0.25) is 9.69 Å². The van der Waals surface area contributed by atoms with Crippen LogP contribution in [0.1, 0.15) is 21.6 Å². The monoisotopic (exact) mass is 399 g/mol. The minimum atomic E-state index is -1.26. The number of H-pyrrole nitrogens is 1. The molecule has 1 atom stereocenters. The molecule has 1 fully saturated rings. The van der Waals surface area contributed by atoms with Gasteiger partial charge in [0.25, 0.3) is 0 Å². The van der Waals surface area contributed by atoms with Crippen LogP contribution in [-0.4, -0.2) is 54.5 Å². The summed E-state index contributed by atoms with van der Waals surface area (Å²) < 4.78 is 15.3. The highest BCUT2D eigenvalue weighted by Gasteiger charge is 2.33. The number of nitrogens with one attached hydrogen (secondary N) is 1. The summed E-state index contributed by atoms with van der Waals surface area (Å²) in [7, 11) is 1.21. The first-order valence-electron chi connectivity index (χ1n) is 8.54. The number of nitriles is 1. The Hall–Kier alpha value is -4.00. The van der Waals surface area contributed by atoms with E-state index in [1.807, 2.05) is 6.07 Å². The van der Waals surface area contributed by atoms with E-state index in [-0.39, 0.29) is 36.6 Å². The number of carboxylic acids is 1. The molecule has 0 aliphatic carbocycles. The maximum Gasteiger partial charge on any atom is 0.414 e. The third-order valence-electron chi connectivity index (χ3n) is 4.30. The molecule has 2 aromatic rings. The van der Waals surface area contributed by atoms with Crippen molar-refractivity contribution in [2.24, 2.45) is 0 Å². The summed E-state index contributed by atoms with van der Waals surface area (Å²) in [6.07, 6.45) is -0.107. The van der Waals surface area contributed by atoms with Crippen molar-refractivity contribution in [2.45, 2.75) is 12.5 Å². The molecule has 1 amide bonds. The average molecular weight is 399 g/mol. The number of anilines is 1. The van der Waals surface area contributed by atoms with Gasteiger partial charge in [-0.1, -0.05) is 0 Å². The lowest BCUT2D eigenvalue weighted by molar-refractivity contribution is -0.139. The number of aromatic amines is 1. The van der Waals surface area contributed by atoms with Crippen molar-refractivity contribution in [1.29, 1.82) is 5.26 Å². The molecule has 2 N–H and O–H groups in total. The summed E-state index contributed by atoms with van der Waals surface area (Å²) >= 11 is 0. The van der Waals surface area contributed by atoms with Gasteiger partial charge in [-0.25, -0.2) is 9.59 Å². The van der Waals surface area contributed by atoms with E-state index in [1.54, 1.807) is 24.3 Å². The Bertz CT molecular complexity index is 975. The fourth-order valence-electron chi connectivity index (χ4n) is 2.87. The summed E-state index contributed by atoms with van der Waals surface area (Å²) in [5.74, 6) is -1.82. The van der Waals surface area contributed by atoms with Gasteiger partial charge in [0.1, 0.15) is 12.2 Å². The van der Waals surface area contributed by atoms with Gasteiger partial charge in [-0.2, -0.15) is 5.26 Å². The Morgan fingerprint density at radius 1 is 1.38 bits per heavy atom. The van der Waals surface area contributed by atoms with Crippen LogP contribution in [0, 0.1) is 11.3 Å². The van der Waals surface area contributed by atoms with Crippen LogP contribution < -0.4 is 9.64 Å². The molecule has 10 nitrogen and oxygen atoms in total. The van der Waals surface area contributed by atoms with Crippen molar-refractivity contribution < 1.29 is 33.7 Å². The highest BCUT2D eigenvalue weighted by atomic mass is 16.6. The predicted molar refractivity (Wildman–Crippen MR) is 97.7 cm³/mol. The first kappa shape index (κ1) is 19.8. The van der Waals surface area contributed by atoms with Crippen LogP contribution in [0.25, 0.3) is 0 Å². The van der Waals surface area contributed by atoms with E-state index in [1.165, 1.54) is 18.2 Å². The topological polar surface area (TPSA) is 142 Å². The molecule has 1 aromatic carbocycles. The lowest BCUT2D eigenvalue weighted by Crippen LogP contribution is -2.26. The lowest BCUT2D eigenvalue weighted by atomic mass is 10.2. The third kappa shape index (κ3) is 4.30. The first-order valence-corrected chi connectivity index (χ1v) is 8.54. The van der Waals surface area contributed by atoms with Gasteiger partial charge < -0.3 is 24.3 Å². The maximum absolute atomic E-state index is 12.1. The Morgan fingerprint density at radius 3 is 2.72 bits per heavy atom. The van der Waals surface area contributed by atoms with Crippen molar-refractivity contribution in [3.05, 3.63) is 47.3 Å². The number of rotatable bonds is 7. The molecule has 0 radical (unpaired) electrons. The third-order valence-corrected chi connectivity index (χ3v) is 4.30. The van der Waals surface area contributed by atoms with Gasteiger partial charge >= 0.3 is 18.0 Å². The molecule has 150 valence electrons. The number of benzene rings is 1. The van der Waals surface area contributed by atoms with Crippen molar-refractivity contribution >= 4 is 23.7 Å². The normalized spacial score (nSPS) is 15.5. The summed E-state index contributed by atoms with van der Waals surface area (Å²) in [5, 5.41) is 18.3. The Morgan fingerprint density at radius 2 is 2.10 bits per heavy atom. The molecule has 2 heterocycles. The van der Waals surface area contributed by atoms with Crippen LogP contribution in [0.4, 0.5) is 10.5 Å². The molecule has 0 bridgehead atoms. The highest BCUT2D eigenvalue weighted by molar-refractivity contribution is 5.94. The van der Waals surface area contributed by atoms with E-state index < -0.39 is 24.1 Å². The number of carbonyl (C=O) groups excluding carboxylic acids is 2. The second-order valence-electron chi connectivity index (χ2n) is 6.15. The van der Waals surface area contributed by atoms with E-state index >= 15 is 0 Å². The Balaban J connectivity index is 1.66. The smallest absolute Gasteiger partial charge is 0.414 e. The minimum absolute atomic E-state index is 0.0317. The largest absolute Gasteiger partial charge is 0.487 e. The maximum atomic E-state index is 12.1. The average Bonchev–Trinajstić information content (AvgIpc) is 3.29.